The third-order valence-electron chi connectivity index (χ3n) is 5.22. The van der Waals surface area contributed by atoms with Crippen molar-refractivity contribution in [3.05, 3.63) is 104 Å². The summed E-state index contributed by atoms with van der Waals surface area (Å²) in [6.07, 6.45) is -0.0723. The quantitative estimate of drug-likeness (QED) is 0.422. The minimum Gasteiger partial charge on any atom is -0.278 e. The van der Waals surface area contributed by atoms with Gasteiger partial charge in [0.15, 0.2) is 0 Å². The van der Waals surface area contributed by atoms with Crippen molar-refractivity contribution in [1.82, 2.24) is 9.80 Å². The van der Waals surface area contributed by atoms with Gasteiger partial charge in [0, 0.05) is 46.8 Å². The van der Waals surface area contributed by atoms with Gasteiger partial charge in [-0.1, -0.05) is 65.1 Å². The summed E-state index contributed by atoms with van der Waals surface area (Å²) in [5.41, 5.74) is 3.13. The monoisotopic (exact) mass is 448 g/mol. The van der Waals surface area contributed by atoms with Crippen molar-refractivity contribution in [2.45, 2.75) is 19.3 Å². The van der Waals surface area contributed by atoms with Crippen molar-refractivity contribution in [2.24, 2.45) is 0 Å². The van der Waals surface area contributed by atoms with E-state index in [0.29, 0.717) is 16.6 Å². The molecule has 1 fully saturated rings. The Balaban J connectivity index is 1.65. The van der Waals surface area contributed by atoms with Crippen molar-refractivity contribution >= 4 is 34.8 Å². The van der Waals surface area contributed by atoms with E-state index < -0.39 is 0 Å². The van der Waals surface area contributed by atoms with E-state index in [0.717, 1.165) is 35.8 Å². The fraction of sp³-hybridized carbons (Fsp3) is 0.217. The van der Waals surface area contributed by atoms with Gasteiger partial charge < -0.3 is 0 Å². The Morgan fingerprint density at radius 2 is 1.21 bits per heavy atom. The molecular weight excluding hydrogens is 430 g/mol. The maximum absolute atomic E-state index is 13.3. The van der Waals surface area contributed by atoms with Crippen molar-refractivity contribution in [1.29, 1.82) is 0 Å². The second-order valence-electron chi connectivity index (χ2n) is 7.20. The van der Waals surface area contributed by atoms with Crippen molar-refractivity contribution in [3.63, 3.8) is 0 Å². The maximum atomic E-state index is 13.3. The molecule has 150 valence electrons. The molecule has 3 aromatic carbocycles. The largest absolute Gasteiger partial charge is 0.278 e. The molecule has 0 aliphatic carbocycles. The summed E-state index contributed by atoms with van der Waals surface area (Å²) in [5.74, 6) is -0.231. The minimum atomic E-state index is -0.231. The molecule has 0 N–H and O–H groups in total. The van der Waals surface area contributed by atoms with Crippen LogP contribution in [0.3, 0.4) is 0 Å². The zero-order valence-corrected chi connectivity index (χ0v) is 17.9. The molecule has 1 heterocycles. The number of nitrogens with zero attached hydrogens (tertiary/aromatic N) is 2. The summed E-state index contributed by atoms with van der Waals surface area (Å²) in [7, 11) is 0. The van der Waals surface area contributed by atoms with Crippen molar-refractivity contribution in [3.8, 4) is 0 Å². The Hall–Kier alpha value is -1.62. The predicted octanol–water partition coefficient (Wildman–Crippen LogP) is 6.80. The van der Waals surface area contributed by atoms with E-state index in [9.17, 15) is 4.39 Å². The van der Waals surface area contributed by atoms with Crippen LogP contribution < -0.4 is 0 Å². The predicted molar refractivity (Wildman–Crippen MR) is 118 cm³/mol. The van der Waals surface area contributed by atoms with Crippen LogP contribution in [0.2, 0.25) is 15.1 Å². The highest BCUT2D eigenvalue weighted by Gasteiger charge is 2.35. The van der Waals surface area contributed by atoms with Gasteiger partial charge >= 0.3 is 0 Å². The summed E-state index contributed by atoms with van der Waals surface area (Å²) < 4.78 is 13.3. The first-order valence-corrected chi connectivity index (χ1v) is 10.6. The number of benzene rings is 3. The molecule has 0 bridgehead atoms. The molecule has 1 aliphatic rings. The lowest BCUT2D eigenvalue weighted by molar-refractivity contribution is 0.126. The first-order chi connectivity index (χ1) is 14.0. The van der Waals surface area contributed by atoms with E-state index in [1.165, 1.54) is 17.7 Å². The van der Waals surface area contributed by atoms with E-state index in [1.807, 2.05) is 54.6 Å². The lowest BCUT2D eigenvalue weighted by Gasteiger charge is -2.32. The highest BCUT2D eigenvalue weighted by Crippen LogP contribution is 2.40. The molecule has 29 heavy (non-hydrogen) atoms. The molecule has 0 aromatic heterocycles. The summed E-state index contributed by atoms with van der Waals surface area (Å²) in [5, 5.41) is 2.02. The zero-order chi connectivity index (χ0) is 20.4. The SMILES string of the molecule is Fc1ccc(CN2CCN(Cc3ccc(Cl)cc3)[C@@H]2c2c(Cl)cccc2Cl)cc1. The minimum absolute atomic E-state index is 0.0723. The van der Waals surface area contributed by atoms with Crippen molar-refractivity contribution < 1.29 is 4.39 Å². The molecule has 2 nitrogen and oxygen atoms in total. The molecule has 0 amide bonds. The highest BCUT2D eigenvalue weighted by molar-refractivity contribution is 6.36. The molecule has 1 atom stereocenters. The van der Waals surface area contributed by atoms with Gasteiger partial charge in [-0.05, 0) is 47.5 Å². The van der Waals surface area contributed by atoms with Crippen LogP contribution in [0.25, 0.3) is 0 Å². The van der Waals surface area contributed by atoms with Gasteiger partial charge in [0.05, 0.1) is 6.17 Å². The van der Waals surface area contributed by atoms with Crippen LogP contribution in [0.15, 0.2) is 66.7 Å². The molecule has 0 saturated carbocycles. The van der Waals surface area contributed by atoms with Crippen LogP contribution in [-0.2, 0) is 13.1 Å². The lowest BCUT2D eigenvalue weighted by Crippen LogP contribution is -2.31. The van der Waals surface area contributed by atoms with Crippen LogP contribution >= 0.6 is 34.8 Å². The standard InChI is InChI=1S/C23H20Cl3FN2/c24-18-8-4-16(5-9-18)14-28-12-13-29(15-17-6-10-19(27)11-7-17)23(28)22-20(25)2-1-3-21(22)26/h1-11,23H,12-15H2/t23-/m0/s1. The van der Waals surface area contributed by atoms with Crippen molar-refractivity contribution in [2.75, 3.05) is 13.1 Å². The first-order valence-electron chi connectivity index (χ1n) is 9.42. The number of halogens is 4. The second kappa shape index (κ2) is 9.03. The second-order valence-corrected chi connectivity index (χ2v) is 8.45. The van der Waals surface area contributed by atoms with E-state index >= 15 is 0 Å². The molecule has 0 unspecified atom stereocenters. The number of hydrogen-bond acceptors (Lipinski definition) is 2. The fourth-order valence-electron chi connectivity index (χ4n) is 3.83. The Morgan fingerprint density at radius 3 is 1.72 bits per heavy atom. The average molecular weight is 450 g/mol. The zero-order valence-electron chi connectivity index (χ0n) is 15.7. The van der Waals surface area contributed by atoms with Gasteiger partial charge in [0.1, 0.15) is 5.82 Å². The molecule has 1 saturated heterocycles. The highest BCUT2D eigenvalue weighted by atomic mass is 35.5. The Labute approximate surface area is 185 Å². The Kier molecular flexibility index (Phi) is 6.43. The molecule has 6 heteroatoms. The normalized spacial score (nSPS) is 17.7. The third kappa shape index (κ3) is 4.76. The molecule has 0 spiro atoms. The summed E-state index contributed by atoms with van der Waals surface area (Å²) in [6.45, 7) is 3.17. The molecule has 4 rings (SSSR count). The van der Waals surface area contributed by atoms with Crippen LogP contribution in [0.5, 0.6) is 0 Å². The summed E-state index contributed by atoms with van der Waals surface area (Å²) >= 11 is 19.2. The molecular formula is C23H20Cl3FN2. The van der Waals surface area contributed by atoms with Crippen LogP contribution in [0, 0.1) is 5.82 Å². The topological polar surface area (TPSA) is 6.48 Å². The third-order valence-corrected chi connectivity index (χ3v) is 6.13. The first kappa shape index (κ1) is 20.6. The van der Waals surface area contributed by atoms with Crippen LogP contribution in [-0.4, -0.2) is 22.9 Å². The van der Waals surface area contributed by atoms with Gasteiger partial charge in [-0.3, -0.25) is 9.80 Å². The Morgan fingerprint density at radius 1 is 0.724 bits per heavy atom. The number of rotatable bonds is 5. The van der Waals surface area contributed by atoms with Gasteiger partial charge in [-0.25, -0.2) is 4.39 Å². The fourth-order valence-corrected chi connectivity index (χ4v) is 4.55. The van der Waals surface area contributed by atoms with E-state index in [4.69, 9.17) is 34.8 Å². The Bertz CT molecular complexity index is 901. The smallest absolute Gasteiger partial charge is 0.123 e. The number of hydrogen-bond donors (Lipinski definition) is 0. The molecule has 3 aromatic rings. The summed E-state index contributed by atoms with van der Waals surface area (Å²) in [4.78, 5) is 4.69. The van der Waals surface area contributed by atoms with E-state index in [-0.39, 0.29) is 12.0 Å². The van der Waals surface area contributed by atoms with Gasteiger partial charge in [-0.2, -0.15) is 0 Å². The lowest BCUT2D eigenvalue weighted by atomic mass is 10.1. The maximum Gasteiger partial charge on any atom is 0.123 e. The van der Waals surface area contributed by atoms with E-state index in [2.05, 4.69) is 9.80 Å². The van der Waals surface area contributed by atoms with Gasteiger partial charge in [-0.15, -0.1) is 0 Å². The van der Waals surface area contributed by atoms with Crippen LogP contribution in [0.1, 0.15) is 22.9 Å². The molecule has 0 radical (unpaired) electrons. The van der Waals surface area contributed by atoms with Gasteiger partial charge in [0.25, 0.3) is 0 Å². The average Bonchev–Trinajstić information content (AvgIpc) is 3.07. The van der Waals surface area contributed by atoms with Gasteiger partial charge in [0.2, 0.25) is 0 Å². The van der Waals surface area contributed by atoms with Crippen LogP contribution in [0.4, 0.5) is 4.39 Å². The molecule has 1 aliphatic heterocycles. The van der Waals surface area contributed by atoms with E-state index in [1.54, 1.807) is 0 Å². The summed E-state index contributed by atoms with van der Waals surface area (Å²) in [6, 6.07) is 20.1.